The van der Waals surface area contributed by atoms with Gasteiger partial charge in [0, 0.05) is 39.1 Å². The SMILES string of the molecule is CC(=O)Oc1cccc([C@H](C)N2CCNCC2)c1. The molecule has 0 radical (unpaired) electrons. The van der Waals surface area contributed by atoms with Gasteiger partial charge in [0.25, 0.3) is 0 Å². The number of hydrogen-bond acceptors (Lipinski definition) is 4. The summed E-state index contributed by atoms with van der Waals surface area (Å²) in [5.41, 5.74) is 1.19. The van der Waals surface area contributed by atoms with Crippen LogP contribution in [-0.2, 0) is 4.79 Å². The van der Waals surface area contributed by atoms with Gasteiger partial charge in [0.05, 0.1) is 0 Å². The third-order valence-electron chi connectivity index (χ3n) is 3.30. The fourth-order valence-electron chi connectivity index (χ4n) is 2.28. The quantitative estimate of drug-likeness (QED) is 0.651. The van der Waals surface area contributed by atoms with E-state index in [1.54, 1.807) is 0 Å². The molecule has 4 heteroatoms. The summed E-state index contributed by atoms with van der Waals surface area (Å²) in [5.74, 6) is 0.351. The summed E-state index contributed by atoms with van der Waals surface area (Å²) in [6.07, 6.45) is 0. The molecule has 1 atom stereocenters. The van der Waals surface area contributed by atoms with Gasteiger partial charge in [-0.1, -0.05) is 12.1 Å². The fourth-order valence-corrected chi connectivity index (χ4v) is 2.28. The molecule has 18 heavy (non-hydrogen) atoms. The number of hydrogen-bond donors (Lipinski definition) is 1. The summed E-state index contributed by atoms with van der Waals surface area (Å²) in [5, 5.41) is 3.35. The molecule has 1 aromatic carbocycles. The maximum absolute atomic E-state index is 11.0. The Bertz CT molecular complexity index is 414. The standard InChI is InChI=1S/C14H20N2O2/c1-11(16-8-6-15-7-9-16)13-4-3-5-14(10-13)18-12(2)17/h3-5,10-11,15H,6-9H2,1-2H3/t11-/m0/s1. The summed E-state index contributed by atoms with van der Waals surface area (Å²) < 4.78 is 5.12. The van der Waals surface area contributed by atoms with E-state index in [0.29, 0.717) is 11.8 Å². The number of nitrogens with one attached hydrogen (secondary N) is 1. The highest BCUT2D eigenvalue weighted by Gasteiger charge is 2.18. The largest absolute Gasteiger partial charge is 0.427 e. The van der Waals surface area contributed by atoms with Gasteiger partial charge in [0.2, 0.25) is 0 Å². The Labute approximate surface area is 108 Å². The predicted octanol–water partition coefficient (Wildman–Crippen LogP) is 1.58. The van der Waals surface area contributed by atoms with Crippen LogP contribution in [-0.4, -0.2) is 37.0 Å². The summed E-state index contributed by atoms with van der Waals surface area (Å²) in [7, 11) is 0. The molecule has 1 saturated heterocycles. The molecule has 1 N–H and O–H groups in total. The third-order valence-corrected chi connectivity index (χ3v) is 3.30. The first kappa shape index (κ1) is 13.1. The van der Waals surface area contributed by atoms with Gasteiger partial charge >= 0.3 is 5.97 Å². The van der Waals surface area contributed by atoms with E-state index in [2.05, 4.69) is 23.2 Å². The highest BCUT2D eigenvalue weighted by Crippen LogP contribution is 2.24. The molecule has 1 aromatic rings. The minimum absolute atomic E-state index is 0.276. The molecule has 0 aliphatic carbocycles. The van der Waals surface area contributed by atoms with Crippen molar-refractivity contribution in [2.24, 2.45) is 0 Å². The van der Waals surface area contributed by atoms with Crippen LogP contribution >= 0.6 is 0 Å². The monoisotopic (exact) mass is 248 g/mol. The maximum atomic E-state index is 11.0. The Morgan fingerprint density at radius 2 is 2.11 bits per heavy atom. The third kappa shape index (κ3) is 3.31. The van der Waals surface area contributed by atoms with Crippen LogP contribution in [0.15, 0.2) is 24.3 Å². The lowest BCUT2D eigenvalue weighted by atomic mass is 10.1. The molecule has 0 spiro atoms. The zero-order valence-corrected chi connectivity index (χ0v) is 11.0. The number of esters is 1. The molecule has 1 aliphatic heterocycles. The summed E-state index contributed by atoms with van der Waals surface area (Å²) in [6.45, 7) is 7.80. The van der Waals surface area contributed by atoms with Crippen molar-refractivity contribution in [3.05, 3.63) is 29.8 Å². The molecule has 1 fully saturated rings. The van der Waals surface area contributed by atoms with E-state index in [1.165, 1.54) is 12.5 Å². The lowest BCUT2D eigenvalue weighted by Crippen LogP contribution is -2.44. The minimum Gasteiger partial charge on any atom is -0.427 e. The summed E-state index contributed by atoms with van der Waals surface area (Å²) in [6, 6.07) is 8.14. The van der Waals surface area contributed by atoms with Crippen molar-refractivity contribution in [3.63, 3.8) is 0 Å². The predicted molar refractivity (Wildman–Crippen MR) is 70.6 cm³/mol. The molecule has 4 nitrogen and oxygen atoms in total. The number of ether oxygens (including phenoxy) is 1. The van der Waals surface area contributed by atoms with Gasteiger partial charge < -0.3 is 10.1 Å². The molecule has 0 aromatic heterocycles. The van der Waals surface area contributed by atoms with Crippen molar-refractivity contribution in [3.8, 4) is 5.75 Å². The molecule has 0 saturated carbocycles. The van der Waals surface area contributed by atoms with Gasteiger partial charge in [-0.3, -0.25) is 9.69 Å². The van der Waals surface area contributed by atoms with Crippen molar-refractivity contribution >= 4 is 5.97 Å². The van der Waals surface area contributed by atoms with Crippen LogP contribution in [0.4, 0.5) is 0 Å². The average molecular weight is 248 g/mol. The Morgan fingerprint density at radius 1 is 1.39 bits per heavy atom. The van der Waals surface area contributed by atoms with Gasteiger partial charge in [0.1, 0.15) is 5.75 Å². The van der Waals surface area contributed by atoms with Crippen LogP contribution in [0.1, 0.15) is 25.5 Å². The first-order valence-corrected chi connectivity index (χ1v) is 6.40. The van der Waals surface area contributed by atoms with Crippen LogP contribution in [0.2, 0.25) is 0 Å². The van der Waals surface area contributed by atoms with Gasteiger partial charge in [-0.2, -0.15) is 0 Å². The van der Waals surface area contributed by atoms with Gasteiger partial charge in [-0.25, -0.2) is 0 Å². The van der Waals surface area contributed by atoms with E-state index in [4.69, 9.17) is 4.74 Å². The number of carbonyl (C=O) groups is 1. The van der Waals surface area contributed by atoms with Crippen LogP contribution < -0.4 is 10.1 Å². The zero-order chi connectivity index (χ0) is 13.0. The second-order valence-corrected chi connectivity index (χ2v) is 4.63. The Balaban J connectivity index is 2.09. The highest BCUT2D eigenvalue weighted by atomic mass is 16.5. The topological polar surface area (TPSA) is 41.6 Å². The van der Waals surface area contributed by atoms with Crippen LogP contribution in [0.25, 0.3) is 0 Å². The number of benzene rings is 1. The van der Waals surface area contributed by atoms with E-state index in [9.17, 15) is 4.79 Å². The smallest absolute Gasteiger partial charge is 0.308 e. The van der Waals surface area contributed by atoms with Gasteiger partial charge in [-0.15, -0.1) is 0 Å². The molecule has 2 rings (SSSR count). The molecular formula is C14H20N2O2. The van der Waals surface area contributed by atoms with Crippen LogP contribution in [0, 0.1) is 0 Å². The molecular weight excluding hydrogens is 228 g/mol. The first-order valence-electron chi connectivity index (χ1n) is 6.40. The van der Waals surface area contributed by atoms with E-state index >= 15 is 0 Å². The maximum Gasteiger partial charge on any atom is 0.308 e. The Kier molecular flexibility index (Phi) is 4.33. The van der Waals surface area contributed by atoms with Crippen molar-refractivity contribution in [2.45, 2.75) is 19.9 Å². The molecule has 0 unspecified atom stereocenters. The summed E-state index contributed by atoms with van der Waals surface area (Å²) >= 11 is 0. The summed E-state index contributed by atoms with van der Waals surface area (Å²) in [4.78, 5) is 13.4. The first-order chi connectivity index (χ1) is 8.66. The zero-order valence-electron chi connectivity index (χ0n) is 11.0. The van der Waals surface area contributed by atoms with Crippen molar-refractivity contribution in [1.29, 1.82) is 0 Å². The van der Waals surface area contributed by atoms with Gasteiger partial charge in [0.15, 0.2) is 0 Å². The number of piperazine rings is 1. The Morgan fingerprint density at radius 3 is 2.78 bits per heavy atom. The van der Waals surface area contributed by atoms with Crippen LogP contribution in [0.5, 0.6) is 5.75 Å². The number of rotatable bonds is 3. The minimum atomic E-state index is -0.276. The highest BCUT2D eigenvalue weighted by molar-refractivity contribution is 5.69. The van der Waals surface area contributed by atoms with Crippen molar-refractivity contribution in [2.75, 3.05) is 26.2 Å². The molecule has 1 aliphatic rings. The van der Waals surface area contributed by atoms with Crippen molar-refractivity contribution in [1.82, 2.24) is 10.2 Å². The van der Waals surface area contributed by atoms with E-state index in [-0.39, 0.29) is 5.97 Å². The molecule has 0 bridgehead atoms. The second kappa shape index (κ2) is 5.98. The molecule has 0 amide bonds. The lowest BCUT2D eigenvalue weighted by Gasteiger charge is -2.33. The average Bonchev–Trinajstić information content (AvgIpc) is 2.38. The second-order valence-electron chi connectivity index (χ2n) is 4.63. The van der Waals surface area contributed by atoms with Gasteiger partial charge in [-0.05, 0) is 24.6 Å². The number of nitrogens with zero attached hydrogens (tertiary/aromatic N) is 1. The van der Waals surface area contributed by atoms with E-state index < -0.39 is 0 Å². The normalized spacial score (nSPS) is 18.3. The number of carbonyl (C=O) groups excluding carboxylic acids is 1. The molecule has 1 heterocycles. The van der Waals surface area contributed by atoms with Crippen molar-refractivity contribution < 1.29 is 9.53 Å². The van der Waals surface area contributed by atoms with Crippen LogP contribution in [0.3, 0.4) is 0 Å². The Hall–Kier alpha value is -1.39. The fraction of sp³-hybridized carbons (Fsp3) is 0.500. The lowest BCUT2D eigenvalue weighted by molar-refractivity contribution is -0.131. The molecule has 98 valence electrons. The van der Waals surface area contributed by atoms with E-state index in [1.807, 2.05) is 18.2 Å². The van der Waals surface area contributed by atoms with E-state index in [0.717, 1.165) is 26.2 Å².